The van der Waals surface area contributed by atoms with Crippen LogP contribution in [0, 0.1) is 11.6 Å². The van der Waals surface area contributed by atoms with E-state index in [2.05, 4.69) is 6.92 Å². The van der Waals surface area contributed by atoms with Crippen LogP contribution in [0.2, 0.25) is 0 Å². The lowest BCUT2D eigenvalue weighted by Gasteiger charge is -2.17. The number of hydrogen-bond acceptors (Lipinski definition) is 2. The van der Waals surface area contributed by atoms with Gasteiger partial charge < -0.3 is 10.6 Å². The van der Waals surface area contributed by atoms with Gasteiger partial charge in [-0.25, -0.2) is 8.78 Å². The summed E-state index contributed by atoms with van der Waals surface area (Å²) in [7, 11) is 0. The van der Waals surface area contributed by atoms with Crippen LogP contribution in [0.4, 0.5) is 14.5 Å². The zero-order valence-electron chi connectivity index (χ0n) is 12.4. The number of rotatable bonds is 7. The first-order chi connectivity index (χ1) is 10.1. The van der Waals surface area contributed by atoms with Crippen molar-refractivity contribution in [3.8, 4) is 0 Å². The van der Waals surface area contributed by atoms with Crippen LogP contribution in [-0.4, -0.2) is 12.5 Å². The molecule has 1 unspecified atom stereocenters. The van der Waals surface area contributed by atoms with Crippen molar-refractivity contribution in [2.24, 2.45) is 5.73 Å². The van der Waals surface area contributed by atoms with Gasteiger partial charge in [-0.2, -0.15) is 0 Å². The molecule has 0 saturated heterocycles. The monoisotopic (exact) mass is 296 g/mol. The second kappa shape index (κ2) is 6.98. The highest BCUT2D eigenvalue weighted by molar-refractivity contribution is 6.04. The fraction of sp³-hybridized carbons (Fsp3) is 0.562. The first-order valence-electron chi connectivity index (χ1n) is 7.62. The van der Waals surface area contributed by atoms with E-state index in [1.165, 1.54) is 30.2 Å². The number of unbranched alkanes of at least 4 members (excludes halogenated alkanes) is 5. The molecule has 1 atom stereocenters. The molecule has 0 aromatic heterocycles. The molecule has 1 aliphatic heterocycles. The van der Waals surface area contributed by atoms with Gasteiger partial charge in [0.2, 0.25) is 5.91 Å². The highest BCUT2D eigenvalue weighted by Gasteiger charge is 2.37. The van der Waals surface area contributed by atoms with Crippen molar-refractivity contribution in [3.05, 3.63) is 29.3 Å². The van der Waals surface area contributed by atoms with Gasteiger partial charge in [0.1, 0.15) is 17.7 Å². The van der Waals surface area contributed by atoms with Gasteiger partial charge in [-0.05, 0) is 12.5 Å². The molecule has 1 heterocycles. The quantitative estimate of drug-likeness (QED) is 0.780. The number of fused-ring (bicyclic) bond motifs is 1. The van der Waals surface area contributed by atoms with Crippen molar-refractivity contribution < 1.29 is 13.6 Å². The summed E-state index contributed by atoms with van der Waals surface area (Å²) in [5, 5.41) is 0. The lowest BCUT2D eigenvalue weighted by molar-refractivity contribution is -0.119. The maximum absolute atomic E-state index is 13.8. The molecule has 1 aromatic carbocycles. The number of nitrogens with zero attached hydrogens (tertiary/aromatic N) is 1. The summed E-state index contributed by atoms with van der Waals surface area (Å²) in [6.45, 7) is 2.62. The lowest BCUT2D eigenvalue weighted by Crippen LogP contribution is -2.32. The molecule has 116 valence electrons. The Hall–Kier alpha value is -1.49. The van der Waals surface area contributed by atoms with E-state index < -0.39 is 17.7 Å². The fourth-order valence-corrected chi connectivity index (χ4v) is 2.79. The molecular formula is C16H22F2N2O. The molecule has 1 aliphatic rings. The van der Waals surface area contributed by atoms with Gasteiger partial charge in [0.15, 0.2) is 0 Å². The van der Waals surface area contributed by atoms with Gasteiger partial charge in [-0.3, -0.25) is 4.79 Å². The van der Waals surface area contributed by atoms with Gasteiger partial charge in [0.05, 0.1) is 5.69 Å². The van der Waals surface area contributed by atoms with Crippen LogP contribution in [-0.2, 0) is 4.79 Å². The standard InChI is InChI=1S/C16H22F2N2O/c1-2-3-4-5-6-7-8-20-13-10-11(17)9-12(18)14(13)15(19)16(20)21/h9-10,15H,2-8,19H2,1H3. The van der Waals surface area contributed by atoms with Crippen molar-refractivity contribution in [1.29, 1.82) is 0 Å². The molecule has 3 nitrogen and oxygen atoms in total. The van der Waals surface area contributed by atoms with Crippen LogP contribution in [0.25, 0.3) is 0 Å². The van der Waals surface area contributed by atoms with Crippen LogP contribution < -0.4 is 10.6 Å². The third-order valence-corrected chi connectivity index (χ3v) is 3.94. The second-order valence-electron chi connectivity index (χ2n) is 5.56. The summed E-state index contributed by atoms with van der Waals surface area (Å²) in [6, 6.07) is 0.959. The smallest absolute Gasteiger partial charge is 0.248 e. The van der Waals surface area contributed by atoms with Crippen molar-refractivity contribution in [2.75, 3.05) is 11.4 Å². The van der Waals surface area contributed by atoms with Crippen LogP contribution in [0.1, 0.15) is 57.1 Å². The number of hydrogen-bond donors (Lipinski definition) is 1. The van der Waals surface area contributed by atoms with Crippen LogP contribution in [0.15, 0.2) is 12.1 Å². The molecule has 2 rings (SSSR count). The van der Waals surface area contributed by atoms with Gasteiger partial charge in [-0.15, -0.1) is 0 Å². The van der Waals surface area contributed by atoms with Crippen molar-refractivity contribution in [1.82, 2.24) is 0 Å². The fourth-order valence-electron chi connectivity index (χ4n) is 2.79. The minimum Gasteiger partial charge on any atom is -0.316 e. The van der Waals surface area contributed by atoms with Gasteiger partial charge >= 0.3 is 0 Å². The number of nitrogens with two attached hydrogens (primary N) is 1. The Bertz CT molecular complexity index is 519. The Labute approximate surface area is 124 Å². The van der Waals surface area contributed by atoms with Crippen LogP contribution >= 0.6 is 0 Å². The van der Waals surface area contributed by atoms with E-state index in [1.54, 1.807) is 0 Å². The molecule has 1 amide bonds. The molecule has 0 saturated carbocycles. The summed E-state index contributed by atoms with van der Waals surface area (Å²) in [6.07, 6.45) is 6.53. The zero-order chi connectivity index (χ0) is 15.4. The predicted molar refractivity (Wildman–Crippen MR) is 79.0 cm³/mol. The maximum Gasteiger partial charge on any atom is 0.248 e. The SMILES string of the molecule is CCCCCCCCN1C(=O)C(N)c2c(F)cc(F)cc21. The third-order valence-electron chi connectivity index (χ3n) is 3.94. The van der Waals surface area contributed by atoms with E-state index in [1.807, 2.05) is 0 Å². The maximum atomic E-state index is 13.8. The van der Waals surface area contributed by atoms with E-state index in [0.29, 0.717) is 12.2 Å². The van der Waals surface area contributed by atoms with Crippen LogP contribution in [0.3, 0.4) is 0 Å². The number of amides is 1. The normalized spacial score (nSPS) is 17.4. The first-order valence-corrected chi connectivity index (χ1v) is 7.62. The van der Waals surface area contributed by atoms with E-state index in [0.717, 1.165) is 25.3 Å². The zero-order valence-corrected chi connectivity index (χ0v) is 12.4. The number of carbonyl (C=O) groups excluding carboxylic acids is 1. The van der Waals surface area contributed by atoms with Crippen molar-refractivity contribution in [2.45, 2.75) is 51.5 Å². The largest absolute Gasteiger partial charge is 0.316 e. The summed E-state index contributed by atoms with van der Waals surface area (Å²) in [4.78, 5) is 13.5. The summed E-state index contributed by atoms with van der Waals surface area (Å²) in [5.41, 5.74) is 6.16. The first kappa shape index (κ1) is 15.9. The van der Waals surface area contributed by atoms with Crippen LogP contribution in [0.5, 0.6) is 0 Å². The molecular weight excluding hydrogens is 274 g/mol. The van der Waals surface area contributed by atoms with E-state index in [-0.39, 0.29) is 11.5 Å². The molecule has 0 aliphatic carbocycles. The average molecular weight is 296 g/mol. The van der Waals surface area contributed by atoms with E-state index >= 15 is 0 Å². The van der Waals surface area contributed by atoms with E-state index in [4.69, 9.17) is 5.73 Å². The number of halogens is 2. The van der Waals surface area contributed by atoms with E-state index in [9.17, 15) is 13.6 Å². The molecule has 21 heavy (non-hydrogen) atoms. The highest BCUT2D eigenvalue weighted by atomic mass is 19.1. The Morgan fingerprint density at radius 3 is 2.52 bits per heavy atom. The predicted octanol–water partition coefficient (Wildman–Crippen LogP) is 3.67. The number of benzene rings is 1. The molecule has 2 N–H and O–H groups in total. The molecule has 0 fully saturated rings. The molecule has 1 aromatic rings. The third kappa shape index (κ3) is 3.40. The Kier molecular flexibility index (Phi) is 5.28. The van der Waals surface area contributed by atoms with Gasteiger partial charge in [0.25, 0.3) is 0 Å². The Balaban J connectivity index is 2.00. The molecule has 0 bridgehead atoms. The van der Waals surface area contributed by atoms with Gasteiger partial charge in [0, 0.05) is 18.2 Å². The summed E-state index contributed by atoms with van der Waals surface area (Å²) >= 11 is 0. The Morgan fingerprint density at radius 1 is 1.14 bits per heavy atom. The number of anilines is 1. The van der Waals surface area contributed by atoms with Gasteiger partial charge in [-0.1, -0.05) is 39.0 Å². The minimum absolute atomic E-state index is 0.118. The Morgan fingerprint density at radius 2 is 1.81 bits per heavy atom. The van der Waals surface area contributed by atoms with Crippen molar-refractivity contribution >= 4 is 11.6 Å². The average Bonchev–Trinajstić information content (AvgIpc) is 2.67. The summed E-state index contributed by atoms with van der Waals surface area (Å²) < 4.78 is 27.1. The topological polar surface area (TPSA) is 46.3 Å². The van der Waals surface area contributed by atoms with Crippen molar-refractivity contribution in [3.63, 3.8) is 0 Å². The lowest BCUT2D eigenvalue weighted by atomic mass is 10.1. The molecule has 5 heteroatoms. The highest BCUT2D eigenvalue weighted by Crippen LogP contribution is 2.37. The molecule has 0 spiro atoms. The second-order valence-corrected chi connectivity index (χ2v) is 5.56. The number of carbonyl (C=O) groups is 1. The molecule has 0 radical (unpaired) electrons. The minimum atomic E-state index is -1.01. The summed E-state index contributed by atoms with van der Waals surface area (Å²) in [5.74, 6) is -1.76.